The molecule has 4 rings (SSSR count). The molecule has 0 radical (unpaired) electrons. The Balaban J connectivity index is 1.54. The van der Waals surface area contributed by atoms with E-state index in [9.17, 15) is 9.65 Å². The molecule has 0 spiro atoms. The molecule has 1 fully saturated rings. The van der Waals surface area contributed by atoms with Gasteiger partial charge in [0.05, 0.1) is 30.5 Å². The zero-order chi connectivity index (χ0) is 21.6. The highest BCUT2D eigenvalue weighted by Gasteiger charge is 2.14. The SMILES string of the molecule is COc1cc2c(Nc3ccc(F)cc3C#N)ncnc2cc1OCCCN1CCCC1. The summed E-state index contributed by atoms with van der Waals surface area (Å²) >= 11 is 0. The van der Waals surface area contributed by atoms with Crippen LogP contribution in [-0.4, -0.2) is 48.2 Å². The van der Waals surface area contributed by atoms with E-state index in [0.717, 1.165) is 13.0 Å². The summed E-state index contributed by atoms with van der Waals surface area (Å²) in [6.07, 6.45) is 4.94. The van der Waals surface area contributed by atoms with Gasteiger partial charge >= 0.3 is 0 Å². The zero-order valence-electron chi connectivity index (χ0n) is 17.4. The van der Waals surface area contributed by atoms with Crippen LogP contribution in [0.25, 0.3) is 10.9 Å². The number of benzene rings is 2. The smallest absolute Gasteiger partial charge is 0.163 e. The minimum atomic E-state index is -0.470. The standard InChI is InChI=1S/C23H24FN5O2/c1-30-21-12-18-20(13-22(21)31-10-4-9-29-7-2-3-8-29)26-15-27-23(18)28-19-6-5-17(24)11-16(19)14-25/h5-6,11-13,15H,2-4,7-10H2,1H3,(H,26,27,28). The average Bonchev–Trinajstić information content (AvgIpc) is 3.31. The number of rotatable bonds is 8. The first-order valence-corrected chi connectivity index (χ1v) is 10.3. The second kappa shape index (κ2) is 9.58. The maximum atomic E-state index is 13.4. The van der Waals surface area contributed by atoms with Gasteiger partial charge < -0.3 is 19.7 Å². The topological polar surface area (TPSA) is 83.3 Å². The van der Waals surface area contributed by atoms with Gasteiger partial charge in [-0.1, -0.05) is 0 Å². The lowest BCUT2D eigenvalue weighted by atomic mass is 10.1. The minimum Gasteiger partial charge on any atom is -0.493 e. The molecule has 2 aromatic carbocycles. The normalized spacial score (nSPS) is 13.8. The summed E-state index contributed by atoms with van der Waals surface area (Å²) in [5, 5.41) is 13.1. The van der Waals surface area contributed by atoms with E-state index in [2.05, 4.69) is 20.2 Å². The molecule has 3 aromatic rings. The number of aromatic nitrogens is 2. The third-order valence-electron chi connectivity index (χ3n) is 5.35. The van der Waals surface area contributed by atoms with Crippen LogP contribution in [0.1, 0.15) is 24.8 Å². The van der Waals surface area contributed by atoms with Crippen molar-refractivity contribution >= 4 is 22.4 Å². The lowest BCUT2D eigenvalue weighted by molar-refractivity contribution is 0.254. The number of likely N-dealkylation sites (tertiary alicyclic amines) is 1. The maximum Gasteiger partial charge on any atom is 0.163 e. The van der Waals surface area contributed by atoms with Crippen LogP contribution in [0, 0.1) is 17.1 Å². The highest BCUT2D eigenvalue weighted by Crippen LogP contribution is 2.35. The van der Waals surface area contributed by atoms with Crippen molar-refractivity contribution in [1.29, 1.82) is 5.26 Å². The van der Waals surface area contributed by atoms with Gasteiger partial charge in [-0.3, -0.25) is 0 Å². The van der Waals surface area contributed by atoms with E-state index < -0.39 is 5.82 Å². The molecule has 2 heterocycles. The highest BCUT2D eigenvalue weighted by atomic mass is 19.1. The van der Waals surface area contributed by atoms with Gasteiger partial charge in [-0.2, -0.15) is 5.26 Å². The molecule has 160 valence electrons. The predicted molar refractivity (Wildman–Crippen MR) is 116 cm³/mol. The second-order valence-electron chi connectivity index (χ2n) is 7.42. The van der Waals surface area contributed by atoms with Crippen molar-refractivity contribution in [2.45, 2.75) is 19.3 Å². The van der Waals surface area contributed by atoms with E-state index >= 15 is 0 Å². The highest BCUT2D eigenvalue weighted by molar-refractivity contribution is 5.93. The monoisotopic (exact) mass is 421 g/mol. The van der Waals surface area contributed by atoms with E-state index in [1.54, 1.807) is 7.11 Å². The average molecular weight is 421 g/mol. The Bertz CT molecular complexity index is 1110. The number of nitriles is 1. The van der Waals surface area contributed by atoms with E-state index in [4.69, 9.17) is 9.47 Å². The summed E-state index contributed by atoms with van der Waals surface area (Å²) in [4.78, 5) is 11.1. The van der Waals surface area contributed by atoms with Crippen molar-refractivity contribution in [3.05, 3.63) is 48.0 Å². The van der Waals surface area contributed by atoms with Crippen LogP contribution in [-0.2, 0) is 0 Å². The van der Waals surface area contributed by atoms with Gasteiger partial charge in [0, 0.05) is 18.0 Å². The summed E-state index contributed by atoms with van der Waals surface area (Å²) in [5.41, 5.74) is 1.33. The Morgan fingerprint density at radius 2 is 2.00 bits per heavy atom. The van der Waals surface area contributed by atoms with Gasteiger partial charge in [0.15, 0.2) is 11.5 Å². The molecule has 8 heteroatoms. The van der Waals surface area contributed by atoms with E-state index in [1.165, 1.54) is 50.5 Å². The Morgan fingerprint density at radius 3 is 2.77 bits per heavy atom. The largest absolute Gasteiger partial charge is 0.493 e. The molecular formula is C23H24FN5O2. The van der Waals surface area contributed by atoms with Gasteiger partial charge in [0.2, 0.25) is 0 Å². The fourth-order valence-electron chi connectivity index (χ4n) is 3.76. The Labute approximate surface area is 180 Å². The first kappa shape index (κ1) is 20.8. The zero-order valence-corrected chi connectivity index (χ0v) is 17.4. The molecule has 7 nitrogen and oxygen atoms in total. The molecule has 1 aliphatic rings. The van der Waals surface area contributed by atoms with Gasteiger partial charge in [0.25, 0.3) is 0 Å². The number of methoxy groups -OCH3 is 1. The maximum absolute atomic E-state index is 13.4. The van der Waals surface area contributed by atoms with Crippen molar-refractivity contribution in [2.75, 3.05) is 38.7 Å². The quantitative estimate of drug-likeness (QED) is 0.544. The van der Waals surface area contributed by atoms with Gasteiger partial charge in [-0.05, 0) is 56.6 Å². The first-order valence-electron chi connectivity index (χ1n) is 10.3. The Hall–Kier alpha value is -3.44. The van der Waals surface area contributed by atoms with E-state index in [1.807, 2.05) is 18.2 Å². The molecular weight excluding hydrogens is 397 g/mol. The van der Waals surface area contributed by atoms with Crippen molar-refractivity contribution in [3.8, 4) is 17.6 Å². The predicted octanol–water partition coefficient (Wildman–Crippen LogP) is 4.26. The fraction of sp³-hybridized carbons (Fsp3) is 0.348. The molecule has 0 amide bonds. The number of fused-ring (bicyclic) bond motifs is 1. The number of hydrogen-bond donors (Lipinski definition) is 1. The number of halogens is 1. The molecule has 31 heavy (non-hydrogen) atoms. The van der Waals surface area contributed by atoms with Crippen molar-refractivity contribution in [3.63, 3.8) is 0 Å². The van der Waals surface area contributed by atoms with Crippen LogP contribution in [0.15, 0.2) is 36.7 Å². The molecule has 0 unspecified atom stereocenters. The molecule has 1 saturated heterocycles. The summed E-state index contributed by atoms with van der Waals surface area (Å²) in [6, 6.07) is 9.61. The van der Waals surface area contributed by atoms with Crippen LogP contribution < -0.4 is 14.8 Å². The summed E-state index contributed by atoms with van der Waals surface area (Å²) in [6.45, 7) is 3.97. The summed E-state index contributed by atoms with van der Waals surface area (Å²) in [5.74, 6) is 1.22. The van der Waals surface area contributed by atoms with Gasteiger partial charge in [0.1, 0.15) is 24.0 Å². The number of nitrogens with one attached hydrogen (secondary N) is 1. The second-order valence-corrected chi connectivity index (χ2v) is 7.42. The van der Waals surface area contributed by atoms with Crippen LogP contribution in [0.5, 0.6) is 11.5 Å². The number of anilines is 2. The van der Waals surface area contributed by atoms with E-state index in [-0.39, 0.29) is 5.56 Å². The summed E-state index contributed by atoms with van der Waals surface area (Å²) in [7, 11) is 1.59. The molecule has 0 atom stereocenters. The Morgan fingerprint density at radius 1 is 1.16 bits per heavy atom. The molecule has 1 aromatic heterocycles. The van der Waals surface area contributed by atoms with Gasteiger partial charge in [-0.25, -0.2) is 14.4 Å². The lowest BCUT2D eigenvalue weighted by Gasteiger charge is -2.16. The van der Waals surface area contributed by atoms with Gasteiger partial charge in [-0.15, -0.1) is 0 Å². The number of ether oxygens (including phenoxy) is 2. The van der Waals surface area contributed by atoms with Crippen LogP contribution in [0.2, 0.25) is 0 Å². The van der Waals surface area contributed by atoms with Crippen molar-refractivity contribution in [1.82, 2.24) is 14.9 Å². The summed E-state index contributed by atoms with van der Waals surface area (Å²) < 4.78 is 25.0. The van der Waals surface area contributed by atoms with Crippen LogP contribution in [0.4, 0.5) is 15.9 Å². The third kappa shape index (κ3) is 4.84. The molecule has 0 aliphatic carbocycles. The first-order chi connectivity index (χ1) is 15.2. The van der Waals surface area contributed by atoms with E-state index in [0.29, 0.717) is 40.5 Å². The van der Waals surface area contributed by atoms with Crippen molar-refractivity contribution in [2.24, 2.45) is 0 Å². The number of hydrogen-bond acceptors (Lipinski definition) is 7. The minimum absolute atomic E-state index is 0.191. The Kier molecular flexibility index (Phi) is 6.43. The van der Waals surface area contributed by atoms with Crippen molar-refractivity contribution < 1.29 is 13.9 Å². The lowest BCUT2D eigenvalue weighted by Crippen LogP contribution is -2.21. The third-order valence-corrected chi connectivity index (χ3v) is 5.35. The number of nitrogens with zero attached hydrogens (tertiary/aromatic N) is 4. The van der Waals surface area contributed by atoms with Crippen LogP contribution in [0.3, 0.4) is 0 Å². The molecule has 0 saturated carbocycles. The molecule has 1 N–H and O–H groups in total. The fourth-order valence-corrected chi connectivity index (χ4v) is 3.76. The van der Waals surface area contributed by atoms with Crippen LogP contribution >= 0.6 is 0 Å². The molecule has 0 bridgehead atoms. The molecule has 1 aliphatic heterocycles.